The van der Waals surface area contributed by atoms with Gasteiger partial charge in [0.05, 0.1) is 5.60 Å². The lowest BCUT2D eigenvalue weighted by Crippen LogP contribution is -2.46. The molecule has 1 N–H and O–H groups in total. The molecule has 1 atom stereocenters. The lowest BCUT2D eigenvalue weighted by molar-refractivity contribution is -0.0831. The van der Waals surface area contributed by atoms with Gasteiger partial charge in [-0.05, 0) is 38.6 Å². The molecule has 2 heteroatoms. The fraction of sp³-hybridized carbons (Fsp3) is 0.846. The van der Waals surface area contributed by atoms with Crippen molar-refractivity contribution in [2.75, 3.05) is 13.7 Å². The van der Waals surface area contributed by atoms with Gasteiger partial charge in [-0.2, -0.15) is 0 Å². The number of nitrogens with one attached hydrogen (secondary N) is 1. The number of terminal acetylenes is 1. The van der Waals surface area contributed by atoms with Crippen LogP contribution in [0.2, 0.25) is 0 Å². The van der Waals surface area contributed by atoms with Crippen LogP contribution in [0.15, 0.2) is 0 Å². The normalized spacial score (nSPS) is 20.3. The fourth-order valence-electron chi connectivity index (χ4n) is 2.22. The number of rotatable bonds is 7. The first-order valence-electron chi connectivity index (χ1n) is 5.98. The molecular weight excluding hydrogens is 186 g/mol. The first-order valence-corrected chi connectivity index (χ1v) is 5.98. The maximum atomic E-state index is 5.62. The smallest absolute Gasteiger partial charge is 0.0694 e. The van der Waals surface area contributed by atoms with E-state index in [-0.39, 0.29) is 5.60 Å². The second-order valence-corrected chi connectivity index (χ2v) is 4.50. The van der Waals surface area contributed by atoms with E-state index in [1.807, 2.05) is 7.11 Å². The molecule has 15 heavy (non-hydrogen) atoms. The van der Waals surface area contributed by atoms with Crippen LogP contribution in [0.25, 0.3) is 0 Å². The number of ether oxygens (including phenoxy) is 1. The Bertz CT molecular complexity index is 210. The summed E-state index contributed by atoms with van der Waals surface area (Å²) in [6, 6.07) is 0.426. The van der Waals surface area contributed by atoms with E-state index < -0.39 is 0 Å². The van der Waals surface area contributed by atoms with Crippen molar-refractivity contribution in [1.29, 1.82) is 0 Å². The van der Waals surface area contributed by atoms with Gasteiger partial charge in [-0.3, -0.25) is 0 Å². The monoisotopic (exact) mass is 209 g/mol. The van der Waals surface area contributed by atoms with E-state index in [1.165, 1.54) is 19.3 Å². The Balaban J connectivity index is 2.38. The zero-order valence-electron chi connectivity index (χ0n) is 10.0. The van der Waals surface area contributed by atoms with Crippen LogP contribution in [-0.2, 0) is 4.74 Å². The summed E-state index contributed by atoms with van der Waals surface area (Å²) < 4.78 is 5.62. The molecule has 86 valence electrons. The van der Waals surface area contributed by atoms with E-state index in [9.17, 15) is 0 Å². The Kier molecular flexibility index (Phi) is 5.14. The molecule has 1 rings (SSSR count). The number of methoxy groups -OCH3 is 1. The van der Waals surface area contributed by atoms with Gasteiger partial charge in [0.25, 0.3) is 0 Å². The summed E-state index contributed by atoms with van der Waals surface area (Å²) in [5.41, 5.74) is 0.127. The van der Waals surface area contributed by atoms with Gasteiger partial charge in [-0.25, -0.2) is 0 Å². The van der Waals surface area contributed by atoms with Gasteiger partial charge in [-0.15, -0.1) is 12.3 Å². The van der Waals surface area contributed by atoms with Crippen molar-refractivity contribution >= 4 is 0 Å². The quantitative estimate of drug-likeness (QED) is 0.650. The van der Waals surface area contributed by atoms with Crippen LogP contribution in [0, 0.1) is 12.3 Å². The summed E-state index contributed by atoms with van der Waals surface area (Å²) >= 11 is 0. The minimum absolute atomic E-state index is 0.127. The molecule has 0 amide bonds. The SMILES string of the molecule is C#CCC(CC1(OC)CCC1)NCCC. The van der Waals surface area contributed by atoms with Crippen LogP contribution in [-0.4, -0.2) is 25.3 Å². The molecule has 1 fully saturated rings. The lowest BCUT2D eigenvalue weighted by atomic mass is 9.75. The molecule has 0 aromatic rings. The van der Waals surface area contributed by atoms with E-state index >= 15 is 0 Å². The number of hydrogen-bond donors (Lipinski definition) is 1. The maximum absolute atomic E-state index is 5.62. The Morgan fingerprint density at radius 2 is 2.27 bits per heavy atom. The van der Waals surface area contributed by atoms with Crippen LogP contribution in [0.5, 0.6) is 0 Å². The highest BCUT2D eigenvalue weighted by molar-refractivity contribution is 4.97. The molecule has 0 radical (unpaired) electrons. The molecule has 0 saturated heterocycles. The molecule has 0 bridgehead atoms. The summed E-state index contributed by atoms with van der Waals surface area (Å²) in [4.78, 5) is 0. The van der Waals surface area contributed by atoms with Crippen LogP contribution in [0.3, 0.4) is 0 Å². The number of hydrogen-bond acceptors (Lipinski definition) is 2. The van der Waals surface area contributed by atoms with Crippen molar-refractivity contribution in [3.8, 4) is 12.3 Å². The van der Waals surface area contributed by atoms with Crippen LogP contribution in [0.1, 0.15) is 45.4 Å². The van der Waals surface area contributed by atoms with Crippen molar-refractivity contribution < 1.29 is 4.74 Å². The standard InChI is InChI=1S/C13H23NO/c1-4-7-12(14-10-5-2)11-13(15-3)8-6-9-13/h1,12,14H,5-11H2,2-3H3. The third-order valence-corrected chi connectivity index (χ3v) is 3.36. The van der Waals surface area contributed by atoms with Crippen LogP contribution < -0.4 is 5.32 Å². The average Bonchev–Trinajstić information content (AvgIpc) is 2.20. The van der Waals surface area contributed by atoms with E-state index in [0.717, 1.165) is 25.8 Å². The summed E-state index contributed by atoms with van der Waals surface area (Å²) in [7, 11) is 1.83. The van der Waals surface area contributed by atoms with Gasteiger partial charge >= 0.3 is 0 Å². The van der Waals surface area contributed by atoms with Gasteiger partial charge in [0.1, 0.15) is 0 Å². The van der Waals surface area contributed by atoms with Crippen molar-refractivity contribution in [3.63, 3.8) is 0 Å². The van der Waals surface area contributed by atoms with Crippen molar-refractivity contribution in [3.05, 3.63) is 0 Å². The summed E-state index contributed by atoms with van der Waals surface area (Å²) in [6.07, 6.45) is 12.1. The van der Waals surface area contributed by atoms with Crippen molar-refractivity contribution in [1.82, 2.24) is 5.32 Å². The minimum atomic E-state index is 0.127. The summed E-state index contributed by atoms with van der Waals surface area (Å²) in [6.45, 7) is 3.22. The van der Waals surface area contributed by atoms with E-state index in [1.54, 1.807) is 0 Å². The molecule has 1 aliphatic carbocycles. The van der Waals surface area contributed by atoms with Gasteiger partial charge < -0.3 is 10.1 Å². The molecule has 0 aromatic heterocycles. The Morgan fingerprint density at radius 3 is 2.67 bits per heavy atom. The van der Waals surface area contributed by atoms with Gasteiger partial charge in [0.2, 0.25) is 0 Å². The highest BCUT2D eigenvalue weighted by atomic mass is 16.5. The zero-order chi connectivity index (χ0) is 11.1. The highest BCUT2D eigenvalue weighted by Gasteiger charge is 2.38. The van der Waals surface area contributed by atoms with Gasteiger partial charge in [0.15, 0.2) is 0 Å². The first-order chi connectivity index (χ1) is 7.26. The minimum Gasteiger partial charge on any atom is -0.378 e. The molecule has 2 nitrogen and oxygen atoms in total. The molecular formula is C13H23NO. The first kappa shape index (κ1) is 12.5. The van der Waals surface area contributed by atoms with Crippen LogP contribution in [0.4, 0.5) is 0 Å². The van der Waals surface area contributed by atoms with Gasteiger partial charge in [0, 0.05) is 19.6 Å². The molecule has 0 aromatic carbocycles. The molecule has 1 saturated carbocycles. The Morgan fingerprint density at radius 1 is 1.53 bits per heavy atom. The van der Waals surface area contributed by atoms with Gasteiger partial charge in [-0.1, -0.05) is 6.92 Å². The fourth-order valence-corrected chi connectivity index (χ4v) is 2.22. The van der Waals surface area contributed by atoms with E-state index in [0.29, 0.717) is 6.04 Å². The second kappa shape index (κ2) is 6.15. The van der Waals surface area contributed by atoms with Crippen LogP contribution >= 0.6 is 0 Å². The van der Waals surface area contributed by atoms with E-state index in [2.05, 4.69) is 18.2 Å². The second-order valence-electron chi connectivity index (χ2n) is 4.50. The predicted molar refractivity (Wildman–Crippen MR) is 63.7 cm³/mol. The highest BCUT2D eigenvalue weighted by Crippen LogP contribution is 2.39. The molecule has 0 heterocycles. The summed E-state index contributed by atoms with van der Waals surface area (Å²) in [5, 5.41) is 3.51. The molecule has 1 aliphatic rings. The Labute approximate surface area is 93.8 Å². The summed E-state index contributed by atoms with van der Waals surface area (Å²) in [5.74, 6) is 2.75. The lowest BCUT2D eigenvalue weighted by Gasteiger charge is -2.42. The zero-order valence-corrected chi connectivity index (χ0v) is 10.0. The van der Waals surface area contributed by atoms with Crippen molar-refractivity contribution in [2.45, 2.75) is 57.1 Å². The predicted octanol–water partition coefficient (Wildman–Crippen LogP) is 2.34. The topological polar surface area (TPSA) is 21.3 Å². The third kappa shape index (κ3) is 3.52. The molecule has 0 spiro atoms. The van der Waals surface area contributed by atoms with Crippen molar-refractivity contribution in [2.24, 2.45) is 0 Å². The van der Waals surface area contributed by atoms with E-state index in [4.69, 9.17) is 11.2 Å². The Hall–Kier alpha value is -0.520. The molecule has 1 unspecified atom stereocenters. The maximum Gasteiger partial charge on any atom is 0.0694 e. The molecule has 0 aliphatic heterocycles. The third-order valence-electron chi connectivity index (χ3n) is 3.36. The largest absolute Gasteiger partial charge is 0.378 e. The average molecular weight is 209 g/mol.